The molecule has 0 radical (unpaired) electrons. The molecule has 0 bridgehead atoms. The van der Waals surface area contributed by atoms with Gasteiger partial charge < -0.3 is 20.3 Å². The maximum absolute atomic E-state index is 12.5. The fourth-order valence-corrected chi connectivity index (χ4v) is 3.12. The van der Waals surface area contributed by atoms with Crippen molar-refractivity contribution in [2.45, 2.75) is 25.0 Å². The molecular weight excluding hydrogens is 294 g/mol. The number of ether oxygens (including phenoxy) is 1. The van der Waals surface area contributed by atoms with Gasteiger partial charge in [-0.15, -0.1) is 0 Å². The summed E-state index contributed by atoms with van der Waals surface area (Å²) < 4.78 is 5.45. The first-order valence-corrected chi connectivity index (χ1v) is 8.16. The molecule has 0 saturated carbocycles. The average molecular weight is 317 g/mol. The molecule has 1 aromatic carbocycles. The largest absolute Gasteiger partial charge is 0.368 e. The highest BCUT2D eigenvalue weighted by atomic mass is 16.5. The number of amides is 2. The lowest BCUT2D eigenvalue weighted by molar-refractivity contribution is -0.146. The van der Waals surface area contributed by atoms with E-state index >= 15 is 0 Å². The van der Waals surface area contributed by atoms with Crippen LogP contribution in [0.4, 0.5) is 0 Å². The Hall–Kier alpha value is -1.92. The monoisotopic (exact) mass is 317 g/mol. The molecule has 0 aliphatic carbocycles. The van der Waals surface area contributed by atoms with Gasteiger partial charge in [-0.2, -0.15) is 0 Å². The number of rotatable bonds is 3. The van der Waals surface area contributed by atoms with Crippen LogP contribution in [0, 0.1) is 0 Å². The third-order valence-electron chi connectivity index (χ3n) is 4.53. The summed E-state index contributed by atoms with van der Waals surface area (Å²) in [7, 11) is 0. The molecule has 2 unspecified atom stereocenters. The van der Waals surface area contributed by atoms with Crippen LogP contribution in [0.15, 0.2) is 30.3 Å². The topological polar surface area (TPSA) is 75.9 Å². The van der Waals surface area contributed by atoms with Gasteiger partial charge in [0.05, 0.1) is 0 Å². The molecule has 2 aliphatic heterocycles. The predicted octanol–water partition coefficient (Wildman–Crippen LogP) is 0.536. The van der Waals surface area contributed by atoms with Crippen LogP contribution in [0.2, 0.25) is 0 Å². The summed E-state index contributed by atoms with van der Waals surface area (Å²) in [4.78, 5) is 28.4. The van der Waals surface area contributed by atoms with Crippen LogP contribution in [0.25, 0.3) is 0 Å². The summed E-state index contributed by atoms with van der Waals surface area (Å²) in [5, 5.41) is 0. The molecule has 23 heavy (non-hydrogen) atoms. The number of nitrogens with two attached hydrogens (primary N) is 1. The van der Waals surface area contributed by atoms with E-state index < -0.39 is 6.04 Å². The highest BCUT2D eigenvalue weighted by molar-refractivity contribution is 5.84. The lowest BCUT2D eigenvalue weighted by atomic mass is 10.1. The molecule has 3 rings (SSSR count). The number of carbonyl (C=O) groups excluding carboxylic acids is 2. The molecule has 6 nitrogen and oxygen atoms in total. The molecule has 1 aromatic rings. The lowest BCUT2D eigenvalue weighted by Crippen LogP contribution is -2.54. The average Bonchev–Trinajstić information content (AvgIpc) is 3.15. The van der Waals surface area contributed by atoms with Crippen molar-refractivity contribution in [3.05, 3.63) is 35.9 Å². The summed E-state index contributed by atoms with van der Waals surface area (Å²) >= 11 is 0. The van der Waals surface area contributed by atoms with Crippen molar-refractivity contribution < 1.29 is 14.3 Å². The molecule has 124 valence electrons. The zero-order valence-corrected chi connectivity index (χ0v) is 13.2. The van der Waals surface area contributed by atoms with Crippen LogP contribution in [-0.2, 0) is 14.3 Å². The number of nitrogens with zero attached hydrogens (tertiary/aromatic N) is 2. The molecule has 0 aromatic heterocycles. The number of benzene rings is 1. The lowest BCUT2D eigenvalue weighted by Gasteiger charge is -2.36. The van der Waals surface area contributed by atoms with Gasteiger partial charge in [-0.05, 0) is 18.4 Å². The smallest absolute Gasteiger partial charge is 0.251 e. The van der Waals surface area contributed by atoms with E-state index in [0.717, 1.165) is 18.4 Å². The minimum atomic E-state index is -0.642. The number of piperazine rings is 1. The van der Waals surface area contributed by atoms with E-state index in [9.17, 15) is 9.59 Å². The van der Waals surface area contributed by atoms with E-state index in [2.05, 4.69) is 0 Å². The van der Waals surface area contributed by atoms with Crippen LogP contribution in [0.3, 0.4) is 0 Å². The van der Waals surface area contributed by atoms with Gasteiger partial charge in [0.2, 0.25) is 5.91 Å². The highest BCUT2D eigenvalue weighted by Crippen LogP contribution is 2.18. The van der Waals surface area contributed by atoms with Gasteiger partial charge in [-0.25, -0.2) is 0 Å². The maximum atomic E-state index is 12.5. The molecular formula is C17H23N3O3. The fraction of sp³-hybridized carbons (Fsp3) is 0.529. The van der Waals surface area contributed by atoms with E-state index in [-0.39, 0.29) is 17.9 Å². The Kier molecular flexibility index (Phi) is 4.93. The SMILES string of the molecule is NC(C(=O)N1CCN(C(=O)C2CCCO2)CC1)c1ccccc1. The molecule has 2 N–H and O–H groups in total. The Morgan fingerprint density at radius 1 is 1.09 bits per heavy atom. The Morgan fingerprint density at radius 3 is 2.35 bits per heavy atom. The molecule has 2 amide bonds. The highest BCUT2D eigenvalue weighted by Gasteiger charge is 2.32. The van der Waals surface area contributed by atoms with Gasteiger partial charge in [0.25, 0.3) is 5.91 Å². The number of hydrogen-bond acceptors (Lipinski definition) is 4. The Labute approximate surface area is 136 Å². The second-order valence-electron chi connectivity index (χ2n) is 6.04. The molecule has 2 aliphatic rings. The van der Waals surface area contributed by atoms with E-state index in [1.165, 1.54) is 0 Å². The normalized spacial score (nSPS) is 22.9. The van der Waals surface area contributed by atoms with Crippen LogP contribution >= 0.6 is 0 Å². The summed E-state index contributed by atoms with van der Waals surface area (Å²) in [6, 6.07) is 8.73. The van der Waals surface area contributed by atoms with Gasteiger partial charge >= 0.3 is 0 Å². The zero-order valence-electron chi connectivity index (χ0n) is 13.2. The van der Waals surface area contributed by atoms with E-state index in [1.807, 2.05) is 30.3 Å². The van der Waals surface area contributed by atoms with E-state index in [0.29, 0.717) is 32.8 Å². The summed E-state index contributed by atoms with van der Waals surface area (Å²) in [6.45, 7) is 2.81. The summed E-state index contributed by atoms with van der Waals surface area (Å²) in [6.07, 6.45) is 1.46. The Morgan fingerprint density at radius 2 is 1.74 bits per heavy atom. The molecule has 2 atom stereocenters. The first-order valence-electron chi connectivity index (χ1n) is 8.16. The second-order valence-corrected chi connectivity index (χ2v) is 6.04. The summed E-state index contributed by atoms with van der Waals surface area (Å²) in [5.41, 5.74) is 6.89. The van der Waals surface area contributed by atoms with Gasteiger partial charge in [-0.3, -0.25) is 9.59 Å². The van der Waals surface area contributed by atoms with Crippen molar-refractivity contribution >= 4 is 11.8 Å². The van der Waals surface area contributed by atoms with E-state index in [4.69, 9.17) is 10.5 Å². The molecule has 6 heteroatoms. The third kappa shape index (κ3) is 3.54. The second kappa shape index (κ2) is 7.10. The third-order valence-corrected chi connectivity index (χ3v) is 4.53. The zero-order chi connectivity index (χ0) is 16.2. The predicted molar refractivity (Wildman–Crippen MR) is 85.5 cm³/mol. The molecule has 2 fully saturated rings. The van der Waals surface area contributed by atoms with Crippen LogP contribution in [-0.4, -0.2) is 60.5 Å². The number of hydrogen-bond donors (Lipinski definition) is 1. The van der Waals surface area contributed by atoms with Crippen molar-refractivity contribution in [1.82, 2.24) is 9.80 Å². The Bertz CT molecular complexity index is 549. The first kappa shape index (κ1) is 16.0. The van der Waals surface area contributed by atoms with E-state index in [1.54, 1.807) is 9.80 Å². The number of carbonyl (C=O) groups is 2. The van der Waals surface area contributed by atoms with Crippen molar-refractivity contribution in [2.24, 2.45) is 5.73 Å². The van der Waals surface area contributed by atoms with Crippen LogP contribution < -0.4 is 5.73 Å². The van der Waals surface area contributed by atoms with Crippen molar-refractivity contribution in [3.8, 4) is 0 Å². The molecule has 0 spiro atoms. The van der Waals surface area contributed by atoms with Gasteiger partial charge in [0.1, 0.15) is 12.1 Å². The van der Waals surface area contributed by atoms with Crippen molar-refractivity contribution in [1.29, 1.82) is 0 Å². The summed E-state index contributed by atoms with van der Waals surface area (Å²) in [5.74, 6) is -0.0256. The minimum absolute atomic E-state index is 0.0574. The van der Waals surface area contributed by atoms with Gasteiger partial charge in [0, 0.05) is 32.8 Å². The van der Waals surface area contributed by atoms with Crippen molar-refractivity contribution in [2.75, 3.05) is 32.8 Å². The standard InChI is InChI=1S/C17H23N3O3/c18-15(13-5-2-1-3-6-13)17(22)20-10-8-19(9-11-20)16(21)14-7-4-12-23-14/h1-3,5-6,14-15H,4,7-12,18H2. The van der Waals surface area contributed by atoms with Gasteiger partial charge in [-0.1, -0.05) is 30.3 Å². The molecule has 2 heterocycles. The minimum Gasteiger partial charge on any atom is -0.368 e. The van der Waals surface area contributed by atoms with Crippen LogP contribution in [0.1, 0.15) is 24.4 Å². The van der Waals surface area contributed by atoms with Crippen LogP contribution in [0.5, 0.6) is 0 Å². The van der Waals surface area contributed by atoms with Crippen molar-refractivity contribution in [3.63, 3.8) is 0 Å². The fourth-order valence-electron chi connectivity index (χ4n) is 3.12. The first-order chi connectivity index (χ1) is 11.2. The maximum Gasteiger partial charge on any atom is 0.251 e. The quantitative estimate of drug-likeness (QED) is 0.883. The Balaban J connectivity index is 1.54. The van der Waals surface area contributed by atoms with Gasteiger partial charge in [0.15, 0.2) is 0 Å². The molecule has 2 saturated heterocycles.